The Labute approximate surface area is 141 Å². The van der Waals surface area contributed by atoms with Crippen molar-refractivity contribution in [3.05, 3.63) is 28.8 Å². The average molecular weight is 356 g/mol. The van der Waals surface area contributed by atoms with Crippen LogP contribution in [0.2, 0.25) is 5.02 Å². The van der Waals surface area contributed by atoms with Gasteiger partial charge in [0.15, 0.2) is 4.34 Å². The van der Waals surface area contributed by atoms with Crippen LogP contribution in [0.3, 0.4) is 0 Å². The van der Waals surface area contributed by atoms with Crippen LogP contribution in [-0.2, 0) is 9.53 Å². The third-order valence-electron chi connectivity index (χ3n) is 3.29. The van der Waals surface area contributed by atoms with Crippen LogP contribution in [0, 0.1) is 6.92 Å². The summed E-state index contributed by atoms with van der Waals surface area (Å²) < 4.78 is 5.89. The topological polar surface area (TPSA) is 64.1 Å². The number of halogens is 1. The molecule has 116 valence electrons. The summed E-state index contributed by atoms with van der Waals surface area (Å²) in [7, 11) is 0. The number of carbonyl (C=O) groups excluding carboxylic acids is 1. The molecule has 22 heavy (non-hydrogen) atoms. The van der Waals surface area contributed by atoms with Crippen LogP contribution in [-0.4, -0.2) is 27.5 Å². The summed E-state index contributed by atoms with van der Waals surface area (Å²) in [5.41, 5.74) is 1.86. The predicted molar refractivity (Wildman–Crippen MR) is 89.2 cm³/mol. The van der Waals surface area contributed by atoms with Crippen molar-refractivity contribution < 1.29 is 9.53 Å². The molecule has 1 aromatic carbocycles. The van der Waals surface area contributed by atoms with Gasteiger partial charge in [0, 0.05) is 17.1 Å². The van der Waals surface area contributed by atoms with Gasteiger partial charge in [0.25, 0.3) is 0 Å². The standard InChI is InChI=1S/C14H14ClN3O2S2/c1-7-6-11(12(19)20-7)21-14-18-17-13(22-14)16-10-5-3-4-9(15)8(10)2/h3-5,7,11H,6H2,1-2H3,(H,16,17)/t7-,11-/m1/s1. The molecule has 0 bridgehead atoms. The molecule has 0 unspecified atom stereocenters. The lowest BCUT2D eigenvalue weighted by atomic mass is 10.2. The average Bonchev–Trinajstić information content (AvgIpc) is 3.03. The maximum Gasteiger partial charge on any atom is 0.319 e. The Hall–Kier alpha value is -1.31. The minimum atomic E-state index is -0.191. The van der Waals surface area contributed by atoms with Crippen molar-refractivity contribution in [2.45, 2.75) is 36.0 Å². The van der Waals surface area contributed by atoms with Crippen LogP contribution in [0.4, 0.5) is 10.8 Å². The number of nitrogens with one attached hydrogen (secondary N) is 1. The molecule has 1 aromatic heterocycles. The van der Waals surface area contributed by atoms with Gasteiger partial charge in [-0.05, 0) is 31.5 Å². The van der Waals surface area contributed by atoms with Crippen molar-refractivity contribution >= 4 is 51.5 Å². The zero-order chi connectivity index (χ0) is 15.7. The quantitative estimate of drug-likeness (QED) is 0.835. The van der Waals surface area contributed by atoms with Crippen LogP contribution >= 0.6 is 34.7 Å². The monoisotopic (exact) mass is 355 g/mol. The third-order valence-corrected chi connectivity index (χ3v) is 5.82. The molecule has 0 saturated carbocycles. The molecular formula is C14H14ClN3O2S2. The Bertz CT molecular complexity index is 707. The summed E-state index contributed by atoms with van der Waals surface area (Å²) in [6, 6.07) is 5.66. The van der Waals surface area contributed by atoms with E-state index in [2.05, 4.69) is 15.5 Å². The fraction of sp³-hybridized carbons (Fsp3) is 0.357. The number of thioether (sulfide) groups is 1. The minimum absolute atomic E-state index is 0.0235. The Morgan fingerprint density at radius 3 is 3.00 bits per heavy atom. The number of cyclic esters (lactones) is 1. The van der Waals surface area contributed by atoms with Gasteiger partial charge in [-0.15, -0.1) is 10.2 Å². The highest BCUT2D eigenvalue weighted by molar-refractivity contribution is 8.02. The first kappa shape index (κ1) is 15.6. The van der Waals surface area contributed by atoms with Crippen molar-refractivity contribution in [1.29, 1.82) is 0 Å². The normalized spacial score (nSPS) is 21.0. The van der Waals surface area contributed by atoms with Gasteiger partial charge in [0.05, 0.1) is 0 Å². The molecule has 5 nitrogen and oxygen atoms in total. The number of ether oxygens (including phenoxy) is 1. The number of benzene rings is 1. The van der Waals surface area contributed by atoms with Gasteiger partial charge in [0.1, 0.15) is 11.4 Å². The smallest absolute Gasteiger partial charge is 0.319 e. The first-order chi connectivity index (χ1) is 10.5. The molecular weight excluding hydrogens is 342 g/mol. The highest BCUT2D eigenvalue weighted by atomic mass is 35.5. The molecule has 0 aliphatic carbocycles. The van der Waals surface area contributed by atoms with E-state index in [0.29, 0.717) is 16.6 Å². The SMILES string of the molecule is Cc1c(Cl)cccc1Nc1nnc(S[C@@H]2C[C@@H](C)OC2=O)s1. The van der Waals surface area contributed by atoms with E-state index in [-0.39, 0.29) is 17.3 Å². The predicted octanol–water partition coefficient (Wildman–Crippen LogP) is 4.04. The number of esters is 1. The lowest BCUT2D eigenvalue weighted by molar-refractivity contribution is -0.140. The number of carbonyl (C=O) groups is 1. The van der Waals surface area contributed by atoms with E-state index in [0.717, 1.165) is 15.6 Å². The van der Waals surface area contributed by atoms with E-state index in [9.17, 15) is 4.79 Å². The van der Waals surface area contributed by atoms with Gasteiger partial charge in [-0.25, -0.2) is 0 Å². The third kappa shape index (κ3) is 3.37. The van der Waals surface area contributed by atoms with Crippen LogP contribution < -0.4 is 5.32 Å². The van der Waals surface area contributed by atoms with Gasteiger partial charge in [-0.2, -0.15) is 0 Å². The van der Waals surface area contributed by atoms with E-state index < -0.39 is 0 Å². The van der Waals surface area contributed by atoms with Crippen molar-refractivity contribution in [3.8, 4) is 0 Å². The molecule has 3 rings (SSSR count). The van der Waals surface area contributed by atoms with Gasteiger partial charge >= 0.3 is 5.97 Å². The second-order valence-electron chi connectivity index (χ2n) is 5.00. The number of hydrogen-bond acceptors (Lipinski definition) is 7. The number of anilines is 2. The second kappa shape index (κ2) is 6.44. The maximum atomic E-state index is 11.7. The molecule has 2 aromatic rings. The van der Waals surface area contributed by atoms with Crippen molar-refractivity contribution in [2.24, 2.45) is 0 Å². The van der Waals surface area contributed by atoms with Gasteiger partial charge in [-0.3, -0.25) is 4.79 Å². The summed E-state index contributed by atoms with van der Waals surface area (Å²) in [6.45, 7) is 3.84. The Kier molecular flexibility index (Phi) is 4.56. The van der Waals surface area contributed by atoms with E-state index >= 15 is 0 Å². The Morgan fingerprint density at radius 1 is 1.45 bits per heavy atom. The lowest BCUT2D eigenvalue weighted by Gasteiger charge is -2.07. The molecule has 2 heterocycles. The van der Waals surface area contributed by atoms with Crippen LogP contribution in [0.5, 0.6) is 0 Å². The minimum Gasteiger partial charge on any atom is -0.462 e. The lowest BCUT2D eigenvalue weighted by Crippen LogP contribution is -2.08. The molecule has 0 amide bonds. The van der Waals surface area contributed by atoms with Crippen molar-refractivity contribution in [1.82, 2.24) is 10.2 Å². The highest BCUT2D eigenvalue weighted by Crippen LogP contribution is 2.36. The maximum absolute atomic E-state index is 11.7. The summed E-state index contributed by atoms with van der Waals surface area (Å²) in [5, 5.41) is 12.6. The van der Waals surface area contributed by atoms with E-state index in [4.69, 9.17) is 16.3 Å². The fourth-order valence-corrected chi connectivity index (χ4v) is 4.40. The summed E-state index contributed by atoms with van der Waals surface area (Å²) in [6.07, 6.45) is 0.684. The zero-order valence-corrected chi connectivity index (χ0v) is 14.4. The molecule has 0 radical (unpaired) electrons. The molecule has 1 aliphatic heterocycles. The van der Waals surface area contributed by atoms with Gasteiger partial charge < -0.3 is 10.1 Å². The van der Waals surface area contributed by atoms with Crippen LogP contribution in [0.15, 0.2) is 22.5 Å². The molecule has 1 saturated heterocycles. The first-order valence-corrected chi connectivity index (χ1v) is 8.83. The van der Waals surface area contributed by atoms with Crippen LogP contribution in [0.1, 0.15) is 18.9 Å². The highest BCUT2D eigenvalue weighted by Gasteiger charge is 2.33. The van der Waals surface area contributed by atoms with Crippen molar-refractivity contribution in [3.63, 3.8) is 0 Å². The van der Waals surface area contributed by atoms with E-state index in [1.54, 1.807) is 0 Å². The van der Waals surface area contributed by atoms with Gasteiger partial charge in [0.2, 0.25) is 5.13 Å². The number of aromatic nitrogens is 2. The number of nitrogens with zero attached hydrogens (tertiary/aromatic N) is 2. The number of rotatable bonds is 4. The molecule has 1 fully saturated rings. The molecule has 1 N–H and O–H groups in total. The van der Waals surface area contributed by atoms with Crippen molar-refractivity contribution in [2.75, 3.05) is 5.32 Å². The fourth-order valence-electron chi connectivity index (χ4n) is 2.10. The van der Waals surface area contributed by atoms with Gasteiger partial charge in [-0.1, -0.05) is 40.8 Å². The molecule has 2 atom stereocenters. The molecule has 8 heteroatoms. The Balaban J connectivity index is 1.69. The summed E-state index contributed by atoms with van der Waals surface area (Å²) in [4.78, 5) is 11.7. The van der Waals surface area contributed by atoms with E-state index in [1.165, 1.54) is 23.1 Å². The number of hydrogen-bond donors (Lipinski definition) is 1. The van der Waals surface area contributed by atoms with Crippen LogP contribution in [0.25, 0.3) is 0 Å². The molecule has 0 spiro atoms. The Morgan fingerprint density at radius 2 is 2.27 bits per heavy atom. The largest absolute Gasteiger partial charge is 0.462 e. The van der Waals surface area contributed by atoms with E-state index in [1.807, 2.05) is 32.0 Å². The summed E-state index contributed by atoms with van der Waals surface area (Å²) in [5.74, 6) is -0.173. The summed E-state index contributed by atoms with van der Waals surface area (Å²) >= 11 is 8.92. The first-order valence-electron chi connectivity index (χ1n) is 6.75. The second-order valence-corrected chi connectivity index (χ2v) is 7.83. The zero-order valence-electron chi connectivity index (χ0n) is 12.0. The molecule has 1 aliphatic rings.